The summed E-state index contributed by atoms with van der Waals surface area (Å²) in [5, 5.41) is 10.9. The molecule has 1 aliphatic rings. The van der Waals surface area contributed by atoms with Gasteiger partial charge in [-0.15, -0.1) is 5.92 Å². The smallest absolute Gasteiger partial charge is 0.407 e. The van der Waals surface area contributed by atoms with E-state index in [4.69, 9.17) is 14.2 Å². The highest BCUT2D eigenvalue weighted by Gasteiger charge is 2.32. The van der Waals surface area contributed by atoms with Crippen molar-refractivity contribution in [2.45, 2.75) is 91.9 Å². The first-order valence-corrected chi connectivity index (χ1v) is 17.3. The summed E-state index contributed by atoms with van der Waals surface area (Å²) in [4.78, 5) is 61.5. The molecule has 0 aliphatic carbocycles. The molecule has 0 aromatic heterocycles. The van der Waals surface area contributed by atoms with Crippen LogP contribution in [0.2, 0.25) is 0 Å². The molecular weight excluding hydrogens is 660 g/mol. The van der Waals surface area contributed by atoms with Crippen molar-refractivity contribution in [1.82, 2.24) is 21.3 Å². The molecule has 0 fully saturated rings. The van der Waals surface area contributed by atoms with Crippen molar-refractivity contribution in [3.8, 4) is 11.8 Å². The number of nitrogens with one attached hydrogen (secondary N) is 4. The topological polar surface area (TPSA) is 161 Å². The molecule has 4 unspecified atom stereocenters. The summed E-state index contributed by atoms with van der Waals surface area (Å²) in [5.74, 6) is 4.95. The number of alkyl carbamates (subject to hydrolysis) is 1. The van der Waals surface area contributed by atoms with E-state index in [0.717, 1.165) is 5.57 Å². The van der Waals surface area contributed by atoms with Crippen molar-refractivity contribution in [3.05, 3.63) is 60.1 Å². The largest absolute Gasteiger partial charge is 0.490 e. The summed E-state index contributed by atoms with van der Waals surface area (Å²) in [6, 6.07) is -0.840. The monoisotopic (exact) mass is 714 g/mol. The Hall–Kier alpha value is -4.44. The van der Waals surface area contributed by atoms with E-state index in [1.807, 2.05) is 46.8 Å². The Morgan fingerprint density at radius 3 is 2.48 bits per heavy atom. The number of hydrogen-bond acceptors (Lipinski definition) is 9. The molecule has 4 amide bonds. The first-order chi connectivity index (χ1) is 23.7. The number of carbonyl (C=O) groups is 5. The summed E-state index contributed by atoms with van der Waals surface area (Å²) in [7, 11) is 1.43. The maximum atomic E-state index is 13.1. The Morgan fingerprint density at radius 1 is 1.14 bits per heavy atom. The van der Waals surface area contributed by atoms with Crippen molar-refractivity contribution in [1.29, 1.82) is 0 Å². The van der Waals surface area contributed by atoms with Crippen molar-refractivity contribution in [2.24, 2.45) is 11.3 Å². The Labute approximate surface area is 302 Å². The number of carbonyl (C=O) groups excluding carboxylic acids is 5. The Balaban J connectivity index is 2.64. The van der Waals surface area contributed by atoms with Crippen LogP contribution in [0.5, 0.6) is 0 Å². The second kappa shape index (κ2) is 23.8. The molecule has 0 aromatic rings. The number of methoxy groups -OCH3 is 1. The van der Waals surface area contributed by atoms with Gasteiger partial charge in [-0.25, -0.2) is 9.59 Å². The minimum Gasteiger partial charge on any atom is -0.490 e. The first kappa shape index (κ1) is 43.6. The molecule has 276 valence electrons. The van der Waals surface area contributed by atoms with E-state index in [9.17, 15) is 24.0 Å². The second-order valence-electron chi connectivity index (χ2n) is 12.7. The number of amides is 4. The van der Waals surface area contributed by atoms with Gasteiger partial charge in [0.2, 0.25) is 17.7 Å². The summed E-state index contributed by atoms with van der Waals surface area (Å²) >= 11 is 4.02. The minimum absolute atomic E-state index is 0.0284. The molecular formula is C37H54N4O8S. The fourth-order valence-electron chi connectivity index (χ4n) is 4.56. The summed E-state index contributed by atoms with van der Waals surface area (Å²) in [6.45, 7) is 11.9. The Kier molecular flexibility index (Phi) is 20.8. The molecule has 1 aliphatic heterocycles. The van der Waals surface area contributed by atoms with Gasteiger partial charge in [0.25, 0.3) is 0 Å². The predicted octanol–water partition coefficient (Wildman–Crippen LogP) is 4.41. The zero-order valence-electron chi connectivity index (χ0n) is 30.3. The molecule has 4 N–H and O–H groups in total. The first-order valence-electron chi connectivity index (χ1n) is 16.7. The molecule has 50 heavy (non-hydrogen) atoms. The van der Waals surface area contributed by atoms with Crippen LogP contribution in [0.15, 0.2) is 60.1 Å². The van der Waals surface area contributed by atoms with E-state index in [-0.39, 0.29) is 23.7 Å². The maximum absolute atomic E-state index is 13.1. The third kappa shape index (κ3) is 18.4. The third-order valence-electron chi connectivity index (χ3n) is 7.27. The van der Waals surface area contributed by atoms with Gasteiger partial charge in [-0.2, -0.15) is 12.6 Å². The molecule has 4 atom stereocenters. The lowest BCUT2D eigenvalue weighted by molar-refractivity contribution is -0.151. The zero-order chi connectivity index (χ0) is 37.5. The summed E-state index contributed by atoms with van der Waals surface area (Å²) in [6.07, 6.45) is 13.9. The molecule has 12 nitrogen and oxygen atoms in total. The van der Waals surface area contributed by atoms with Crippen LogP contribution in [0.1, 0.15) is 73.6 Å². The normalized spacial score (nSPS) is 16.8. The number of thiol groups is 1. The second-order valence-corrected chi connectivity index (χ2v) is 13.1. The van der Waals surface area contributed by atoms with Gasteiger partial charge in [0.15, 0.2) is 5.76 Å². The molecule has 0 saturated heterocycles. The standard InChI is InChI=1S/C37H54N4O8S/c1-8-9-15-28(48-36(46)40-23-13-22-38-31(42)20-24-50)16-12-21-39-34(44)33(37(4,5)6)41-32(43)17-11-10-14-26(2)25-27(3)29-18-19-30(47-7)35(45)49-29/h10-12,14,17,19,21,25,27-29,33,50H,13,15-16,18,20,22-24H2,1-7H3,(H,38,42)(H,39,44)(H,40,46)(H,41,43). The highest BCUT2D eigenvalue weighted by molar-refractivity contribution is 7.80. The lowest BCUT2D eigenvalue weighted by Gasteiger charge is -2.29. The van der Waals surface area contributed by atoms with Crippen molar-refractivity contribution < 1.29 is 38.2 Å². The number of esters is 1. The van der Waals surface area contributed by atoms with Gasteiger partial charge >= 0.3 is 12.1 Å². The number of cyclic esters (lactones) is 1. The highest BCUT2D eigenvalue weighted by atomic mass is 32.1. The van der Waals surface area contributed by atoms with E-state index in [2.05, 4.69) is 45.7 Å². The molecule has 1 heterocycles. The fourth-order valence-corrected chi connectivity index (χ4v) is 4.76. The van der Waals surface area contributed by atoms with Crippen LogP contribution >= 0.6 is 12.6 Å². The quantitative estimate of drug-likeness (QED) is 0.0329. The van der Waals surface area contributed by atoms with E-state index in [1.165, 1.54) is 19.4 Å². The van der Waals surface area contributed by atoms with Crippen LogP contribution in [0.25, 0.3) is 0 Å². The Bertz CT molecular complexity index is 1370. The van der Waals surface area contributed by atoms with Crippen LogP contribution in [0, 0.1) is 23.2 Å². The van der Waals surface area contributed by atoms with Crippen LogP contribution < -0.4 is 21.3 Å². The van der Waals surface area contributed by atoms with E-state index >= 15 is 0 Å². The minimum atomic E-state index is -0.840. The van der Waals surface area contributed by atoms with Crippen LogP contribution in [0.4, 0.5) is 4.79 Å². The van der Waals surface area contributed by atoms with Gasteiger partial charge in [0.05, 0.1) is 7.11 Å². The lowest BCUT2D eigenvalue weighted by Crippen LogP contribution is -2.52. The third-order valence-corrected chi connectivity index (χ3v) is 7.49. The SMILES string of the molecule is CC#CCC(CC=CNC(=O)C(NC(=O)C=CC=CC(C)=CC(C)C1CC=C(OC)C(=O)O1)C(C)(C)C)OC(=O)NCCCNC(=O)CCS. The average Bonchev–Trinajstić information content (AvgIpc) is 3.05. The molecule has 0 saturated carbocycles. The number of rotatable bonds is 19. The van der Waals surface area contributed by atoms with Gasteiger partial charge in [-0.1, -0.05) is 69.6 Å². The molecule has 0 radical (unpaired) electrons. The number of hydrogen-bond donors (Lipinski definition) is 5. The number of ether oxygens (including phenoxy) is 3. The van der Waals surface area contributed by atoms with Gasteiger partial charge in [0, 0.05) is 50.8 Å². The van der Waals surface area contributed by atoms with Crippen LogP contribution in [0.3, 0.4) is 0 Å². The van der Waals surface area contributed by atoms with Gasteiger partial charge in [-0.05, 0) is 43.7 Å². The van der Waals surface area contributed by atoms with Crippen molar-refractivity contribution in [2.75, 3.05) is 26.0 Å². The maximum Gasteiger partial charge on any atom is 0.407 e. The van der Waals surface area contributed by atoms with E-state index in [0.29, 0.717) is 50.9 Å². The Morgan fingerprint density at radius 2 is 1.84 bits per heavy atom. The average molecular weight is 715 g/mol. The van der Waals surface area contributed by atoms with Crippen LogP contribution in [-0.4, -0.2) is 74.0 Å². The molecule has 0 spiro atoms. The molecule has 13 heteroatoms. The van der Waals surface area contributed by atoms with E-state index in [1.54, 1.807) is 31.2 Å². The summed E-state index contributed by atoms with van der Waals surface area (Å²) in [5.41, 5.74) is 0.334. The van der Waals surface area contributed by atoms with Crippen LogP contribution in [-0.2, 0) is 33.4 Å². The molecule has 0 bridgehead atoms. The van der Waals surface area contributed by atoms with Crippen molar-refractivity contribution in [3.63, 3.8) is 0 Å². The van der Waals surface area contributed by atoms with Gasteiger partial charge in [0.1, 0.15) is 18.2 Å². The summed E-state index contributed by atoms with van der Waals surface area (Å²) < 4.78 is 15.9. The predicted molar refractivity (Wildman–Crippen MR) is 197 cm³/mol. The van der Waals surface area contributed by atoms with Crippen molar-refractivity contribution >= 4 is 42.4 Å². The molecule has 1 rings (SSSR count). The van der Waals surface area contributed by atoms with Gasteiger partial charge in [-0.3, -0.25) is 14.4 Å². The zero-order valence-corrected chi connectivity index (χ0v) is 31.2. The lowest BCUT2D eigenvalue weighted by atomic mass is 9.86. The molecule has 0 aromatic carbocycles. The highest BCUT2D eigenvalue weighted by Crippen LogP contribution is 2.23. The van der Waals surface area contributed by atoms with Gasteiger partial charge < -0.3 is 35.5 Å². The fraction of sp³-hybridized carbons (Fsp3) is 0.541. The number of allylic oxidation sites excluding steroid dienone is 4. The van der Waals surface area contributed by atoms with E-state index < -0.39 is 41.4 Å².